The Hall–Kier alpha value is -2.82. The molecule has 0 amide bonds. The van der Waals surface area contributed by atoms with Crippen LogP contribution < -0.4 is 18.5 Å². The molecule has 0 heterocycles. The van der Waals surface area contributed by atoms with E-state index >= 15 is 0 Å². The topological polar surface area (TPSA) is 335 Å². The number of benzene rings is 1. The van der Waals surface area contributed by atoms with Crippen LogP contribution in [0.1, 0.15) is 0 Å². The third-order valence-electron chi connectivity index (χ3n) is 1.85. The summed E-state index contributed by atoms with van der Waals surface area (Å²) in [6, 6.07) is 7.42. The fourth-order valence-electron chi connectivity index (χ4n) is 0.863. The van der Waals surface area contributed by atoms with Crippen molar-refractivity contribution in [2.24, 2.45) is 0 Å². The van der Waals surface area contributed by atoms with Gasteiger partial charge in [-0.05, 0) is 12.1 Å². The standard InChI is InChI=1S/C6H6O3S.C4H6O6.N3.3H3N/c7-10(8,9)6-4-2-1-3-5-6;5-1(3(7)8)2(6)4(9)10;1-3-2;;;/h1-5H,(H,7,8,9);1-2,5-6H,(H,7,8)(H,9,10);;3*1H3/q;;-1;;;/p+1. The third-order valence-corrected chi connectivity index (χ3v) is 2.71. The zero-order valence-corrected chi connectivity index (χ0v) is 14.4. The van der Waals surface area contributed by atoms with Crippen LogP contribution in [-0.4, -0.2) is 57.5 Å². The van der Waals surface area contributed by atoms with Crippen LogP contribution in [0, 0.1) is 0 Å². The minimum atomic E-state index is -4.00. The fraction of sp³-hybridized carbons (Fsp3) is 0.200. The minimum Gasteiger partial charge on any atom is -0.479 e. The van der Waals surface area contributed by atoms with Crippen molar-refractivity contribution in [1.29, 1.82) is 0 Å². The molecule has 0 radical (unpaired) electrons. The Bertz CT molecular complexity index is 630. The summed E-state index contributed by atoms with van der Waals surface area (Å²) in [5.41, 5.74) is 13.5. The van der Waals surface area contributed by atoms with Crippen molar-refractivity contribution in [3.8, 4) is 0 Å². The quantitative estimate of drug-likeness (QED) is 0.147. The molecule has 15 nitrogen and oxygen atoms in total. The molecule has 2 unspecified atom stereocenters. The lowest BCUT2D eigenvalue weighted by atomic mass is 10.2. The summed E-state index contributed by atoms with van der Waals surface area (Å²) in [5.74, 6) is -3.54. The Morgan fingerprint density at radius 1 is 0.923 bits per heavy atom. The fourth-order valence-corrected chi connectivity index (χ4v) is 1.36. The number of aliphatic hydroxyl groups excluding tert-OH is 2. The van der Waals surface area contributed by atoms with E-state index in [4.69, 9.17) is 36.0 Å². The predicted octanol–water partition coefficient (Wildman–Crippen LogP) is 0.377. The summed E-state index contributed by atoms with van der Waals surface area (Å²) in [5, 5.41) is 32.5. The molecule has 16 heteroatoms. The monoisotopic (exact) mass is 402 g/mol. The molecule has 0 saturated carbocycles. The largest absolute Gasteiger partial charge is 0.479 e. The lowest BCUT2D eigenvalue weighted by Crippen LogP contribution is -2.39. The molecular formula is C10H22N6O9S. The van der Waals surface area contributed by atoms with Crippen molar-refractivity contribution >= 4 is 22.1 Å². The highest BCUT2D eigenvalue weighted by atomic mass is 32.2. The molecule has 0 spiro atoms. The molecule has 1 aromatic carbocycles. The summed E-state index contributed by atoms with van der Waals surface area (Å²) >= 11 is 0. The van der Waals surface area contributed by atoms with Crippen molar-refractivity contribution in [3.63, 3.8) is 0 Å². The van der Waals surface area contributed by atoms with Crippen LogP contribution in [0.2, 0.25) is 0 Å². The molecule has 0 aliphatic carbocycles. The molecule has 0 aromatic heterocycles. The van der Waals surface area contributed by atoms with E-state index in [9.17, 15) is 18.0 Å². The second kappa shape index (κ2) is 17.0. The van der Waals surface area contributed by atoms with Crippen LogP contribution in [0.3, 0.4) is 0 Å². The van der Waals surface area contributed by atoms with E-state index in [-0.39, 0.29) is 23.3 Å². The number of carboxylic acid groups (broad SMARTS) is 2. The maximum Gasteiger partial charge on any atom is 0.335 e. The number of hydrogen-bond donors (Lipinski definition) is 8. The zero-order chi connectivity index (χ0) is 18.6. The maximum absolute atomic E-state index is 10.4. The van der Waals surface area contributed by atoms with E-state index in [1.165, 1.54) is 17.0 Å². The molecule has 0 aliphatic rings. The molecule has 0 fully saturated rings. The van der Waals surface area contributed by atoms with Crippen LogP contribution in [0.5, 0.6) is 0 Å². The molecular weight excluding hydrogens is 380 g/mol. The Kier molecular flexibility index (Phi) is 22.6. The summed E-state index contributed by atoms with van der Waals surface area (Å²) in [6.45, 7) is 0. The Balaban J connectivity index is -0.0000000892. The number of hydrogen-bond acceptors (Lipinski definition) is 8. The Labute approximate surface area is 147 Å². The summed E-state index contributed by atoms with van der Waals surface area (Å²) in [4.78, 5) is 21.0. The van der Waals surface area contributed by atoms with Crippen LogP contribution in [0.15, 0.2) is 35.2 Å². The zero-order valence-electron chi connectivity index (χ0n) is 13.6. The van der Waals surface area contributed by atoms with E-state index in [1.807, 2.05) is 0 Å². The minimum absolute atomic E-state index is 0. The SMILES string of the molecule is N.N.O=C(O)C(O)C(O)C(=O)O.O=S(=O)(O)c1ccccc1.[N-]=[N+]=[N-].[NH4+]. The van der Waals surface area contributed by atoms with E-state index in [0.29, 0.717) is 0 Å². The van der Waals surface area contributed by atoms with E-state index in [1.54, 1.807) is 18.2 Å². The van der Waals surface area contributed by atoms with E-state index < -0.39 is 34.3 Å². The first-order valence-electron chi connectivity index (χ1n) is 5.31. The number of carboxylic acids is 2. The van der Waals surface area contributed by atoms with E-state index in [0.717, 1.165) is 0 Å². The summed E-state index contributed by atoms with van der Waals surface area (Å²) < 4.78 is 29.2. The Morgan fingerprint density at radius 2 is 1.19 bits per heavy atom. The smallest absolute Gasteiger partial charge is 0.335 e. The van der Waals surface area contributed by atoms with Gasteiger partial charge in [-0.25, -0.2) is 9.59 Å². The van der Waals surface area contributed by atoms with Gasteiger partial charge in [0.25, 0.3) is 10.1 Å². The van der Waals surface area contributed by atoms with Gasteiger partial charge < -0.3 is 49.9 Å². The number of aliphatic carboxylic acids is 2. The van der Waals surface area contributed by atoms with Crippen LogP contribution in [-0.2, 0) is 19.7 Å². The highest BCUT2D eigenvalue weighted by Crippen LogP contribution is 2.05. The number of aliphatic hydroxyl groups is 2. The Morgan fingerprint density at radius 3 is 1.35 bits per heavy atom. The first-order valence-corrected chi connectivity index (χ1v) is 6.75. The van der Waals surface area contributed by atoms with Gasteiger partial charge in [0, 0.05) is 0 Å². The molecule has 0 bridgehead atoms. The molecule has 26 heavy (non-hydrogen) atoms. The molecule has 1 aromatic rings. The van der Waals surface area contributed by atoms with Gasteiger partial charge in [0.1, 0.15) is 0 Å². The molecule has 0 aliphatic heterocycles. The van der Waals surface area contributed by atoms with Crippen LogP contribution in [0.25, 0.3) is 16.0 Å². The third kappa shape index (κ3) is 16.1. The van der Waals surface area contributed by atoms with E-state index in [2.05, 4.69) is 0 Å². The second-order valence-electron chi connectivity index (χ2n) is 3.44. The lowest BCUT2D eigenvalue weighted by Gasteiger charge is -2.07. The average Bonchev–Trinajstić information content (AvgIpc) is 2.47. The number of carbonyl (C=O) groups is 2. The first kappa shape index (κ1) is 34.5. The summed E-state index contributed by atoms with van der Waals surface area (Å²) in [6.07, 6.45) is -4.53. The predicted molar refractivity (Wildman–Crippen MR) is 89.6 cm³/mol. The first-order chi connectivity index (χ1) is 10.5. The van der Waals surface area contributed by atoms with Gasteiger partial charge in [0.2, 0.25) is 0 Å². The van der Waals surface area contributed by atoms with Crippen molar-refractivity contribution in [2.75, 3.05) is 0 Å². The molecule has 0 saturated heterocycles. The molecule has 2 atom stereocenters. The van der Waals surface area contributed by atoms with Gasteiger partial charge in [0.05, 0.1) is 4.90 Å². The highest BCUT2D eigenvalue weighted by molar-refractivity contribution is 7.85. The average molecular weight is 402 g/mol. The molecule has 1 rings (SSSR count). The van der Waals surface area contributed by atoms with Gasteiger partial charge in [-0.1, -0.05) is 18.2 Å². The van der Waals surface area contributed by atoms with Gasteiger partial charge in [-0.2, -0.15) is 8.42 Å². The van der Waals surface area contributed by atoms with Crippen LogP contribution >= 0.6 is 0 Å². The van der Waals surface area contributed by atoms with Gasteiger partial charge >= 0.3 is 11.9 Å². The van der Waals surface area contributed by atoms with Crippen molar-refractivity contribution in [1.82, 2.24) is 18.5 Å². The lowest BCUT2D eigenvalue weighted by molar-refractivity contribution is -0.165. The second-order valence-corrected chi connectivity index (χ2v) is 4.87. The molecule has 152 valence electrons. The van der Waals surface area contributed by atoms with Gasteiger partial charge in [0.15, 0.2) is 12.2 Å². The number of rotatable bonds is 4. The van der Waals surface area contributed by atoms with Crippen molar-refractivity contribution < 1.29 is 43.0 Å². The number of quaternary nitrogens is 1. The highest BCUT2D eigenvalue weighted by Gasteiger charge is 2.29. The van der Waals surface area contributed by atoms with Gasteiger partial charge in [-0.15, -0.1) is 0 Å². The normalized spacial score (nSPS) is 10.7. The van der Waals surface area contributed by atoms with Crippen LogP contribution in [0.4, 0.5) is 0 Å². The van der Waals surface area contributed by atoms with Crippen molar-refractivity contribution in [2.45, 2.75) is 17.1 Å². The van der Waals surface area contributed by atoms with Crippen molar-refractivity contribution in [3.05, 3.63) is 46.3 Å². The summed E-state index contributed by atoms with van der Waals surface area (Å²) in [7, 11) is -4.00. The number of nitrogens with zero attached hydrogens (tertiary/aromatic N) is 3. The maximum atomic E-state index is 10.4. The van der Waals surface area contributed by atoms with Gasteiger partial charge in [-0.3, -0.25) is 9.46 Å². The molecule has 15 N–H and O–H groups in total.